The van der Waals surface area contributed by atoms with E-state index < -0.39 is 0 Å². The van der Waals surface area contributed by atoms with E-state index in [2.05, 4.69) is 19.1 Å². The molecule has 0 N–H and O–H groups in total. The smallest absolute Gasteiger partial charge is 0.338 e. The Kier molecular flexibility index (Phi) is 5.26. The lowest BCUT2D eigenvalue weighted by Crippen LogP contribution is -2.31. The zero-order valence-electron chi connectivity index (χ0n) is 15.5. The molecule has 26 heavy (non-hydrogen) atoms. The minimum absolute atomic E-state index is 0.0583. The van der Waals surface area contributed by atoms with Crippen molar-refractivity contribution < 1.29 is 14.3 Å². The van der Waals surface area contributed by atoms with Crippen LogP contribution in [0.4, 0.5) is 4.79 Å². The SMILES string of the molecule is COC(=O)c1ccc(CN2CCN(Cc3ccccc3C)C2=O)cc1C. The number of rotatable bonds is 5. The molecule has 0 atom stereocenters. The van der Waals surface area contributed by atoms with Crippen LogP contribution in [-0.4, -0.2) is 42.0 Å². The number of nitrogens with zero attached hydrogens (tertiary/aromatic N) is 2. The van der Waals surface area contributed by atoms with Crippen LogP contribution in [0.15, 0.2) is 42.5 Å². The van der Waals surface area contributed by atoms with E-state index in [4.69, 9.17) is 4.74 Å². The molecule has 136 valence electrons. The second kappa shape index (κ2) is 7.60. The average Bonchev–Trinajstić information content (AvgIpc) is 2.96. The molecule has 2 aromatic carbocycles. The van der Waals surface area contributed by atoms with Gasteiger partial charge in [0.05, 0.1) is 12.7 Å². The highest BCUT2D eigenvalue weighted by Crippen LogP contribution is 2.19. The molecule has 0 spiro atoms. The quantitative estimate of drug-likeness (QED) is 0.774. The summed E-state index contributed by atoms with van der Waals surface area (Å²) in [4.78, 5) is 28.1. The van der Waals surface area contributed by atoms with Crippen LogP contribution >= 0.6 is 0 Å². The predicted octanol–water partition coefficient (Wildman–Crippen LogP) is 3.53. The Morgan fingerprint density at radius 1 is 1.00 bits per heavy atom. The second-order valence-corrected chi connectivity index (χ2v) is 6.69. The van der Waals surface area contributed by atoms with Crippen LogP contribution in [0.5, 0.6) is 0 Å². The fourth-order valence-electron chi connectivity index (χ4n) is 3.30. The largest absolute Gasteiger partial charge is 0.465 e. The summed E-state index contributed by atoms with van der Waals surface area (Å²) in [7, 11) is 1.38. The Hall–Kier alpha value is -2.82. The Balaban J connectivity index is 1.66. The number of hydrogen-bond acceptors (Lipinski definition) is 3. The maximum absolute atomic E-state index is 12.7. The van der Waals surface area contributed by atoms with Crippen molar-refractivity contribution in [3.63, 3.8) is 0 Å². The van der Waals surface area contributed by atoms with Gasteiger partial charge in [0.1, 0.15) is 0 Å². The third-order valence-electron chi connectivity index (χ3n) is 4.87. The zero-order valence-corrected chi connectivity index (χ0v) is 15.5. The van der Waals surface area contributed by atoms with Gasteiger partial charge in [0.15, 0.2) is 0 Å². The van der Waals surface area contributed by atoms with Gasteiger partial charge >= 0.3 is 12.0 Å². The van der Waals surface area contributed by atoms with Crippen LogP contribution in [-0.2, 0) is 17.8 Å². The molecular weight excluding hydrogens is 328 g/mol. The summed E-state index contributed by atoms with van der Waals surface area (Å²) in [5.41, 5.74) is 4.82. The number of hydrogen-bond donors (Lipinski definition) is 0. The van der Waals surface area contributed by atoms with E-state index in [0.29, 0.717) is 25.2 Å². The van der Waals surface area contributed by atoms with Crippen LogP contribution in [0, 0.1) is 13.8 Å². The number of methoxy groups -OCH3 is 1. The maximum atomic E-state index is 12.7. The number of amides is 2. The normalized spacial score (nSPS) is 14.0. The molecule has 1 fully saturated rings. The van der Waals surface area contributed by atoms with Gasteiger partial charge in [-0.25, -0.2) is 9.59 Å². The van der Waals surface area contributed by atoms with E-state index in [0.717, 1.165) is 17.7 Å². The van der Waals surface area contributed by atoms with Gasteiger partial charge in [-0.15, -0.1) is 0 Å². The van der Waals surface area contributed by atoms with Crippen molar-refractivity contribution in [3.8, 4) is 0 Å². The Morgan fingerprint density at radius 3 is 2.35 bits per heavy atom. The summed E-state index contributed by atoms with van der Waals surface area (Å²) in [6.45, 7) is 6.58. The van der Waals surface area contributed by atoms with Crippen LogP contribution in [0.25, 0.3) is 0 Å². The van der Waals surface area contributed by atoms with Gasteiger partial charge in [-0.1, -0.05) is 36.4 Å². The summed E-state index contributed by atoms with van der Waals surface area (Å²) in [5, 5.41) is 0. The van der Waals surface area contributed by atoms with Crippen molar-refractivity contribution in [2.75, 3.05) is 20.2 Å². The predicted molar refractivity (Wildman–Crippen MR) is 99.9 cm³/mol. The molecule has 2 amide bonds. The fourth-order valence-corrected chi connectivity index (χ4v) is 3.30. The van der Waals surface area contributed by atoms with Crippen LogP contribution in [0.1, 0.15) is 32.6 Å². The number of benzene rings is 2. The standard InChI is InChI=1S/C21H24N2O3/c1-15-6-4-5-7-18(15)14-23-11-10-22(21(23)25)13-17-8-9-19(16(2)12-17)20(24)26-3/h4-9,12H,10-11,13-14H2,1-3H3. The van der Waals surface area contributed by atoms with Gasteiger partial charge < -0.3 is 14.5 Å². The molecule has 1 heterocycles. The summed E-state index contributed by atoms with van der Waals surface area (Å²) in [6, 6.07) is 13.8. The molecule has 5 heteroatoms. The fraction of sp³-hybridized carbons (Fsp3) is 0.333. The molecule has 1 saturated heterocycles. The minimum Gasteiger partial charge on any atom is -0.465 e. The average molecular weight is 352 g/mol. The Labute approximate surface area is 154 Å². The van der Waals surface area contributed by atoms with E-state index in [1.54, 1.807) is 6.07 Å². The van der Waals surface area contributed by atoms with Crippen molar-refractivity contribution in [2.45, 2.75) is 26.9 Å². The molecule has 5 nitrogen and oxygen atoms in total. The van der Waals surface area contributed by atoms with E-state index >= 15 is 0 Å². The van der Waals surface area contributed by atoms with Crippen molar-refractivity contribution in [1.29, 1.82) is 0 Å². The Bertz CT molecular complexity index is 832. The summed E-state index contributed by atoms with van der Waals surface area (Å²) in [6.07, 6.45) is 0. The molecule has 1 aliphatic heterocycles. The molecule has 2 aromatic rings. The van der Waals surface area contributed by atoms with Gasteiger partial charge in [-0.3, -0.25) is 0 Å². The second-order valence-electron chi connectivity index (χ2n) is 6.69. The highest BCUT2D eigenvalue weighted by atomic mass is 16.5. The van der Waals surface area contributed by atoms with E-state index in [9.17, 15) is 9.59 Å². The number of carbonyl (C=O) groups excluding carboxylic acids is 2. The lowest BCUT2D eigenvalue weighted by atomic mass is 10.0. The highest BCUT2D eigenvalue weighted by Gasteiger charge is 2.28. The van der Waals surface area contributed by atoms with Crippen molar-refractivity contribution in [1.82, 2.24) is 9.80 Å². The summed E-state index contributed by atoms with van der Waals surface area (Å²) < 4.78 is 4.78. The molecule has 1 aliphatic rings. The first-order valence-electron chi connectivity index (χ1n) is 8.76. The van der Waals surface area contributed by atoms with Gasteiger partial charge in [0.25, 0.3) is 0 Å². The van der Waals surface area contributed by atoms with Gasteiger partial charge in [-0.05, 0) is 42.2 Å². The monoisotopic (exact) mass is 352 g/mol. The molecule has 3 rings (SSSR count). The maximum Gasteiger partial charge on any atom is 0.338 e. The van der Waals surface area contributed by atoms with Crippen LogP contribution in [0.3, 0.4) is 0 Å². The highest BCUT2D eigenvalue weighted by molar-refractivity contribution is 5.91. The van der Waals surface area contributed by atoms with Gasteiger partial charge in [0, 0.05) is 26.2 Å². The number of urea groups is 1. The third kappa shape index (κ3) is 3.72. The van der Waals surface area contributed by atoms with Gasteiger partial charge in [0.2, 0.25) is 0 Å². The van der Waals surface area contributed by atoms with Crippen LogP contribution < -0.4 is 0 Å². The Morgan fingerprint density at radius 2 is 1.69 bits per heavy atom. The van der Waals surface area contributed by atoms with Gasteiger partial charge in [-0.2, -0.15) is 0 Å². The first kappa shape index (κ1) is 18.0. The number of esters is 1. The third-order valence-corrected chi connectivity index (χ3v) is 4.87. The van der Waals surface area contributed by atoms with Crippen molar-refractivity contribution in [3.05, 3.63) is 70.3 Å². The molecular formula is C21H24N2O3. The molecule has 0 bridgehead atoms. The lowest BCUT2D eigenvalue weighted by molar-refractivity contribution is 0.0600. The van der Waals surface area contributed by atoms with E-state index in [1.165, 1.54) is 18.2 Å². The lowest BCUT2D eigenvalue weighted by Gasteiger charge is -2.20. The molecule has 0 aromatic heterocycles. The molecule has 0 aliphatic carbocycles. The first-order valence-corrected chi connectivity index (χ1v) is 8.76. The number of aryl methyl sites for hydroxylation is 2. The van der Waals surface area contributed by atoms with Crippen molar-refractivity contribution >= 4 is 12.0 Å². The first-order chi connectivity index (χ1) is 12.5. The zero-order chi connectivity index (χ0) is 18.7. The number of ether oxygens (including phenoxy) is 1. The number of carbonyl (C=O) groups is 2. The van der Waals surface area contributed by atoms with Crippen molar-refractivity contribution in [2.24, 2.45) is 0 Å². The minimum atomic E-state index is -0.337. The van der Waals surface area contributed by atoms with Crippen LogP contribution in [0.2, 0.25) is 0 Å². The topological polar surface area (TPSA) is 49.9 Å². The summed E-state index contributed by atoms with van der Waals surface area (Å²) >= 11 is 0. The molecule has 0 saturated carbocycles. The van der Waals surface area contributed by atoms with E-state index in [-0.39, 0.29) is 12.0 Å². The molecule has 0 unspecified atom stereocenters. The molecule has 0 radical (unpaired) electrons. The summed E-state index contributed by atoms with van der Waals surface area (Å²) in [5.74, 6) is -0.337. The van der Waals surface area contributed by atoms with E-state index in [1.807, 2.05) is 41.0 Å².